The Morgan fingerprint density at radius 3 is 1.93 bits per heavy atom. The second-order valence-corrected chi connectivity index (χ2v) is 13.3. The molecule has 2 aliphatic rings. The predicted octanol–water partition coefficient (Wildman–Crippen LogP) is 7.36. The number of aromatic nitrogens is 1. The van der Waals surface area contributed by atoms with Gasteiger partial charge in [-0.2, -0.15) is 0 Å². The summed E-state index contributed by atoms with van der Waals surface area (Å²) in [5.74, 6) is -2.17. The molecule has 0 amide bonds. The SMILES string of the molecule is COc1ccc(C(C2=C(O)CC(C)(C)CC2=O)C2=C(O)CC(C)(C)CC2=O)cc1OC(=O)c1cc(-c2ccc(C)cc2)on1. The quantitative estimate of drug-likeness (QED) is 0.211. The summed E-state index contributed by atoms with van der Waals surface area (Å²) in [6.45, 7) is 9.51. The van der Waals surface area contributed by atoms with E-state index in [0.717, 1.165) is 11.1 Å². The minimum Gasteiger partial charge on any atom is -0.512 e. The molecule has 0 unspecified atom stereocenters. The van der Waals surface area contributed by atoms with Gasteiger partial charge in [-0.1, -0.05) is 68.7 Å². The minimum absolute atomic E-state index is 0.00671. The third-order valence-electron chi connectivity index (χ3n) is 8.15. The fourth-order valence-corrected chi connectivity index (χ4v) is 6.07. The van der Waals surface area contributed by atoms with Crippen molar-refractivity contribution in [3.8, 4) is 22.8 Å². The molecule has 1 aromatic heterocycles. The van der Waals surface area contributed by atoms with Gasteiger partial charge in [0.05, 0.1) is 7.11 Å². The third kappa shape index (κ3) is 6.18. The number of hydrogen-bond donors (Lipinski definition) is 2. The van der Waals surface area contributed by atoms with Crippen LogP contribution in [0.25, 0.3) is 11.3 Å². The Balaban J connectivity index is 1.57. The summed E-state index contributed by atoms with van der Waals surface area (Å²) >= 11 is 0. The second kappa shape index (κ2) is 11.4. The van der Waals surface area contributed by atoms with E-state index in [1.807, 2.05) is 58.9 Å². The van der Waals surface area contributed by atoms with Gasteiger partial charge in [0, 0.05) is 54.4 Å². The number of aliphatic hydroxyl groups excluding tert-OH is 2. The molecule has 2 N–H and O–H groups in total. The molecule has 230 valence electrons. The molecular formula is C35H37NO8. The Bertz CT molecular complexity index is 1650. The molecule has 5 rings (SSSR count). The Morgan fingerprint density at radius 2 is 1.41 bits per heavy atom. The number of methoxy groups -OCH3 is 1. The first-order valence-electron chi connectivity index (χ1n) is 14.5. The molecule has 2 aliphatic carbocycles. The number of esters is 1. The maximum atomic E-state index is 13.6. The van der Waals surface area contributed by atoms with Crippen molar-refractivity contribution in [1.29, 1.82) is 0 Å². The molecule has 0 radical (unpaired) electrons. The van der Waals surface area contributed by atoms with Crippen molar-refractivity contribution in [3.05, 3.63) is 88.0 Å². The highest BCUT2D eigenvalue weighted by molar-refractivity contribution is 6.05. The molecule has 0 bridgehead atoms. The van der Waals surface area contributed by atoms with E-state index < -0.39 is 22.7 Å². The van der Waals surface area contributed by atoms with Crippen LogP contribution >= 0.6 is 0 Å². The largest absolute Gasteiger partial charge is 0.512 e. The first-order valence-corrected chi connectivity index (χ1v) is 14.5. The average molecular weight is 600 g/mol. The van der Waals surface area contributed by atoms with Gasteiger partial charge in [-0.05, 0) is 35.4 Å². The van der Waals surface area contributed by atoms with Gasteiger partial charge >= 0.3 is 5.97 Å². The number of Topliss-reactive ketones (excluding diaryl/α,β-unsaturated/α-hetero) is 2. The van der Waals surface area contributed by atoms with E-state index in [1.165, 1.54) is 19.2 Å². The summed E-state index contributed by atoms with van der Waals surface area (Å²) in [5, 5.41) is 26.3. The third-order valence-corrected chi connectivity index (χ3v) is 8.15. The van der Waals surface area contributed by atoms with Gasteiger partial charge in [0.2, 0.25) is 0 Å². The van der Waals surface area contributed by atoms with E-state index in [-0.39, 0.29) is 77.1 Å². The standard InChI is InChI=1S/C35H37NO8/c1-19-7-9-20(10-8-19)28-14-22(36-44-28)33(41)43-29-13-21(11-12-27(29)42-6)30(31-23(37)15-34(2,3)16-24(31)38)32-25(39)17-35(4,5)18-26(32)40/h7-14,30,37,39H,15-18H2,1-6H3. The molecule has 0 saturated heterocycles. The lowest BCUT2D eigenvalue weighted by Gasteiger charge is -2.36. The van der Waals surface area contributed by atoms with E-state index in [4.69, 9.17) is 14.0 Å². The van der Waals surface area contributed by atoms with Crippen LogP contribution in [0.4, 0.5) is 0 Å². The molecule has 0 atom stereocenters. The predicted molar refractivity (Wildman–Crippen MR) is 163 cm³/mol. The van der Waals surface area contributed by atoms with Crippen molar-refractivity contribution in [2.75, 3.05) is 7.11 Å². The maximum absolute atomic E-state index is 13.6. The molecule has 0 aliphatic heterocycles. The van der Waals surface area contributed by atoms with E-state index >= 15 is 0 Å². The number of allylic oxidation sites excluding steroid dienone is 4. The zero-order chi connectivity index (χ0) is 32.0. The van der Waals surface area contributed by atoms with Crippen LogP contribution in [0.15, 0.2) is 75.7 Å². The van der Waals surface area contributed by atoms with Gasteiger partial charge in [-0.15, -0.1) is 0 Å². The van der Waals surface area contributed by atoms with Gasteiger partial charge in [0.25, 0.3) is 0 Å². The molecule has 0 spiro atoms. The summed E-state index contributed by atoms with van der Waals surface area (Å²) in [6.07, 6.45) is 0.770. The zero-order valence-corrected chi connectivity index (χ0v) is 25.8. The van der Waals surface area contributed by atoms with Crippen molar-refractivity contribution in [2.24, 2.45) is 10.8 Å². The number of carbonyl (C=O) groups is 3. The molecule has 2 aromatic carbocycles. The van der Waals surface area contributed by atoms with E-state index in [0.29, 0.717) is 11.3 Å². The van der Waals surface area contributed by atoms with Gasteiger partial charge in [0.15, 0.2) is 34.5 Å². The normalized spacial score (nSPS) is 18.2. The highest BCUT2D eigenvalue weighted by Gasteiger charge is 2.44. The van der Waals surface area contributed by atoms with Crippen molar-refractivity contribution in [2.45, 2.75) is 66.2 Å². The fraction of sp³-hybridized carbons (Fsp3) is 0.371. The maximum Gasteiger partial charge on any atom is 0.366 e. The highest BCUT2D eigenvalue weighted by Crippen LogP contribution is 2.49. The molecule has 9 nitrogen and oxygen atoms in total. The monoisotopic (exact) mass is 599 g/mol. The van der Waals surface area contributed by atoms with E-state index in [9.17, 15) is 24.6 Å². The Labute approximate surface area is 256 Å². The van der Waals surface area contributed by atoms with Crippen LogP contribution in [0.1, 0.15) is 80.9 Å². The molecular weight excluding hydrogens is 562 g/mol. The van der Waals surface area contributed by atoms with Crippen LogP contribution in [0.3, 0.4) is 0 Å². The topological polar surface area (TPSA) is 136 Å². The lowest BCUT2D eigenvalue weighted by molar-refractivity contribution is -0.119. The number of hydrogen-bond acceptors (Lipinski definition) is 9. The first-order chi connectivity index (χ1) is 20.7. The molecule has 0 fully saturated rings. The number of aryl methyl sites for hydroxylation is 1. The molecule has 1 heterocycles. The van der Waals surface area contributed by atoms with Crippen LogP contribution < -0.4 is 9.47 Å². The van der Waals surface area contributed by atoms with Crippen LogP contribution in [-0.4, -0.2) is 40.0 Å². The first kappa shape index (κ1) is 30.8. The van der Waals surface area contributed by atoms with E-state index in [2.05, 4.69) is 5.16 Å². The summed E-state index contributed by atoms with van der Waals surface area (Å²) in [6, 6.07) is 13.7. The number of carbonyl (C=O) groups excluding carboxylic acids is 3. The summed E-state index contributed by atoms with van der Waals surface area (Å²) in [4.78, 5) is 40.3. The molecule has 9 heteroatoms. The van der Waals surface area contributed by atoms with Gasteiger partial charge < -0.3 is 24.2 Å². The summed E-state index contributed by atoms with van der Waals surface area (Å²) in [5.41, 5.74) is 1.29. The van der Waals surface area contributed by atoms with Crippen LogP contribution in [-0.2, 0) is 9.59 Å². The average Bonchev–Trinajstić information content (AvgIpc) is 3.41. The lowest BCUT2D eigenvalue weighted by Crippen LogP contribution is -2.33. The van der Waals surface area contributed by atoms with Gasteiger partial charge in [-0.3, -0.25) is 9.59 Å². The smallest absolute Gasteiger partial charge is 0.366 e. The van der Waals surface area contributed by atoms with Crippen molar-refractivity contribution in [3.63, 3.8) is 0 Å². The van der Waals surface area contributed by atoms with Crippen molar-refractivity contribution < 1.29 is 38.6 Å². The second-order valence-electron chi connectivity index (χ2n) is 13.3. The Kier molecular flexibility index (Phi) is 8.01. The van der Waals surface area contributed by atoms with Gasteiger partial charge in [-0.25, -0.2) is 4.79 Å². The Hall–Kier alpha value is -4.66. The number of rotatable bonds is 7. The molecule has 3 aromatic rings. The van der Waals surface area contributed by atoms with Crippen LogP contribution in [0, 0.1) is 17.8 Å². The summed E-state index contributed by atoms with van der Waals surface area (Å²) < 4.78 is 16.6. The highest BCUT2D eigenvalue weighted by atomic mass is 16.6. The number of benzene rings is 2. The van der Waals surface area contributed by atoms with Crippen LogP contribution in [0.2, 0.25) is 0 Å². The van der Waals surface area contributed by atoms with Crippen molar-refractivity contribution >= 4 is 17.5 Å². The number of ether oxygens (including phenoxy) is 2. The lowest BCUT2D eigenvalue weighted by atomic mass is 9.67. The van der Waals surface area contributed by atoms with Gasteiger partial charge in [0.1, 0.15) is 11.5 Å². The number of ketones is 2. The molecule has 44 heavy (non-hydrogen) atoms. The Morgan fingerprint density at radius 1 is 0.841 bits per heavy atom. The molecule has 0 saturated carbocycles. The van der Waals surface area contributed by atoms with E-state index in [1.54, 1.807) is 12.1 Å². The minimum atomic E-state index is -1.08. The number of aliphatic hydroxyl groups is 2. The zero-order valence-electron chi connectivity index (χ0n) is 25.8. The van der Waals surface area contributed by atoms with Crippen molar-refractivity contribution in [1.82, 2.24) is 5.16 Å². The number of nitrogens with zero attached hydrogens (tertiary/aromatic N) is 1. The fourth-order valence-electron chi connectivity index (χ4n) is 6.07. The summed E-state index contributed by atoms with van der Waals surface area (Å²) in [7, 11) is 1.41. The van der Waals surface area contributed by atoms with Crippen LogP contribution in [0.5, 0.6) is 11.5 Å².